The number of aliphatic imine (C=N–C) groups is 1. The molecule has 0 aliphatic carbocycles. The van der Waals surface area contributed by atoms with Gasteiger partial charge in [-0.25, -0.2) is 0 Å². The first-order chi connectivity index (χ1) is 9.36. The molecule has 1 N–H and O–H groups in total. The maximum atomic E-state index is 5.28. The van der Waals surface area contributed by atoms with Crippen LogP contribution in [0.15, 0.2) is 53.5 Å². The summed E-state index contributed by atoms with van der Waals surface area (Å²) in [5.74, 6) is 0.866. The lowest BCUT2D eigenvalue weighted by atomic mass is 10.1. The van der Waals surface area contributed by atoms with Gasteiger partial charge in [-0.1, -0.05) is 24.3 Å². The van der Waals surface area contributed by atoms with Gasteiger partial charge < -0.3 is 10.1 Å². The van der Waals surface area contributed by atoms with E-state index in [0.29, 0.717) is 0 Å². The van der Waals surface area contributed by atoms with Crippen LogP contribution in [0.5, 0.6) is 5.75 Å². The van der Waals surface area contributed by atoms with Crippen molar-refractivity contribution in [2.24, 2.45) is 4.99 Å². The van der Waals surface area contributed by atoms with E-state index >= 15 is 0 Å². The van der Waals surface area contributed by atoms with E-state index in [1.165, 1.54) is 0 Å². The number of para-hydroxylation sites is 2. The van der Waals surface area contributed by atoms with Crippen LogP contribution in [-0.4, -0.2) is 19.4 Å². The standard InChI is InChI=1S/C16H16N2O/c1-19-13-6-4-5-12(11-13)14-9-10-17-15-7-2-3-8-16(15)18-14/h2-8,11,17H,9-10H2,1H3. The first-order valence-electron chi connectivity index (χ1n) is 6.42. The topological polar surface area (TPSA) is 33.6 Å². The van der Waals surface area contributed by atoms with Crippen molar-refractivity contribution < 1.29 is 4.74 Å². The van der Waals surface area contributed by atoms with Crippen molar-refractivity contribution in [3.8, 4) is 5.75 Å². The van der Waals surface area contributed by atoms with Crippen LogP contribution in [0.25, 0.3) is 0 Å². The molecule has 2 aromatic rings. The molecular weight excluding hydrogens is 236 g/mol. The van der Waals surface area contributed by atoms with Crippen molar-refractivity contribution in [2.45, 2.75) is 6.42 Å². The van der Waals surface area contributed by atoms with Gasteiger partial charge in [0.1, 0.15) is 5.75 Å². The molecule has 0 fully saturated rings. The molecule has 0 radical (unpaired) electrons. The Kier molecular flexibility index (Phi) is 3.19. The summed E-state index contributed by atoms with van der Waals surface area (Å²) in [4.78, 5) is 4.78. The maximum absolute atomic E-state index is 5.28. The Balaban J connectivity index is 2.02. The molecule has 2 aromatic carbocycles. The minimum Gasteiger partial charge on any atom is -0.497 e. The summed E-state index contributed by atoms with van der Waals surface area (Å²) in [6.07, 6.45) is 0.905. The van der Waals surface area contributed by atoms with Crippen LogP contribution in [0.2, 0.25) is 0 Å². The Morgan fingerprint density at radius 1 is 1.11 bits per heavy atom. The van der Waals surface area contributed by atoms with E-state index in [4.69, 9.17) is 9.73 Å². The first-order valence-corrected chi connectivity index (χ1v) is 6.42. The first kappa shape index (κ1) is 11.8. The lowest BCUT2D eigenvalue weighted by molar-refractivity contribution is 0.414. The fraction of sp³-hybridized carbons (Fsp3) is 0.188. The molecule has 0 bridgehead atoms. The van der Waals surface area contributed by atoms with Gasteiger partial charge in [0.05, 0.1) is 24.2 Å². The highest BCUT2D eigenvalue weighted by molar-refractivity contribution is 6.03. The average Bonchev–Trinajstić information content (AvgIpc) is 2.69. The lowest BCUT2D eigenvalue weighted by Gasteiger charge is -2.06. The van der Waals surface area contributed by atoms with Crippen LogP contribution >= 0.6 is 0 Å². The normalized spacial score (nSPS) is 13.8. The molecule has 3 rings (SSSR count). The second-order valence-electron chi connectivity index (χ2n) is 4.48. The van der Waals surface area contributed by atoms with Crippen LogP contribution in [0.4, 0.5) is 11.4 Å². The number of fused-ring (bicyclic) bond motifs is 1. The van der Waals surface area contributed by atoms with Gasteiger partial charge in [0, 0.05) is 13.0 Å². The second-order valence-corrected chi connectivity index (χ2v) is 4.48. The van der Waals surface area contributed by atoms with Gasteiger partial charge in [-0.15, -0.1) is 0 Å². The smallest absolute Gasteiger partial charge is 0.119 e. The third-order valence-electron chi connectivity index (χ3n) is 3.24. The van der Waals surface area contributed by atoms with Crippen molar-refractivity contribution >= 4 is 17.1 Å². The van der Waals surface area contributed by atoms with E-state index in [9.17, 15) is 0 Å². The van der Waals surface area contributed by atoms with E-state index < -0.39 is 0 Å². The highest BCUT2D eigenvalue weighted by Gasteiger charge is 2.11. The van der Waals surface area contributed by atoms with Crippen molar-refractivity contribution in [1.82, 2.24) is 0 Å². The summed E-state index contributed by atoms with van der Waals surface area (Å²) in [7, 11) is 1.69. The molecule has 0 saturated heterocycles. The average molecular weight is 252 g/mol. The molecule has 1 heterocycles. The second kappa shape index (κ2) is 5.14. The Hall–Kier alpha value is -2.29. The molecule has 0 saturated carbocycles. The summed E-state index contributed by atoms with van der Waals surface area (Å²) in [6, 6.07) is 16.2. The molecule has 19 heavy (non-hydrogen) atoms. The monoisotopic (exact) mass is 252 g/mol. The number of benzene rings is 2. The summed E-state index contributed by atoms with van der Waals surface area (Å²) in [6.45, 7) is 0.896. The Labute approximate surface area is 113 Å². The summed E-state index contributed by atoms with van der Waals surface area (Å²) in [5.41, 5.74) is 4.31. The predicted molar refractivity (Wildman–Crippen MR) is 78.7 cm³/mol. The van der Waals surface area contributed by atoms with Crippen LogP contribution in [0.1, 0.15) is 12.0 Å². The maximum Gasteiger partial charge on any atom is 0.119 e. The number of hydrogen-bond donors (Lipinski definition) is 1. The summed E-state index contributed by atoms with van der Waals surface area (Å²) < 4.78 is 5.28. The highest BCUT2D eigenvalue weighted by atomic mass is 16.5. The van der Waals surface area contributed by atoms with Crippen LogP contribution in [0, 0.1) is 0 Å². The molecule has 1 aliphatic heterocycles. The number of anilines is 1. The molecule has 0 aromatic heterocycles. The fourth-order valence-corrected chi connectivity index (χ4v) is 2.25. The van der Waals surface area contributed by atoms with Gasteiger partial charge in [0.25, 0.3) is 0 Å². The van der Waals surface area contributed by atoms with Crippen molar-refractivity contribution in [3.63, 3.8) is 0 Å². The summed E-state index contributed by atoms with van der Waals surface area (Å²) in [5, 5.41) is 3.41. The molecule has 0 unspecified atom stereocenters. The van der Waals surface area contributed by atoms with E-state index in [1.807, 2.05) is 36.4 Å². The van der Waals surface area contributed by atoms with E-state index in [0.717, 1.165) is 41.4 Å². The van der Waals surface area contributed by atoms with Crippen molar-refractivity contribution in [2.75, 3.05) is 19.0 Å². The van der Waals surface area contributed by atoms with Gasteiger partial charge in [0.2, 0.25) is 0 Å². The minimum atomic E-state index is 0.866. The SMILES string of the molecule is COc1cccc(C2=Nc3ccccc3NCC2)c1. The number of methoxy groups -OCH3 is 1. The third-order valence-corrected chi connectivity index (χ3v) is 3.24. The zero-order valence-electron chi connectivity index (χ0n) is 10.9. The molecule has 1 aliphatic rings. The summed E-state index contributed by atoms with van der Waals surface area (Å²) >= 11 is 0. The number of nitrogens with one attached hydrogen (secondary N) is 1. The van der Waals surface area contributed by atoms with Gasteiger partial charge in [-0.2, -0.15) is 0 Å². The van der Waals surface area contributed by atoms with Gasteiger partial charge >= 0.3 is 0 Å². The predicted octanol–water partition coefficient (Wildman–Crippen LogP) is 3.63. The van der Waals surface area contributed by atoms with E-state index in [-0.39, 0.29) is 0 Å². The largest absolute Gasteiger partial charge is 0.497 e. The zero-order chi connectivity index (χ0) is 13.1. The van der Waals surface area contributed by atoms with Gasteiger partial charge in [-0.3, -0.25) is 4.99 Å². The highest BCUT2D eigenvalue weighted by Crippen LogP contribution is 2.28. The number of nitrogens with zero attached hydrogens (tertiary/aromatic N) is 1. The molecule has 0 amide bonds. The number of ether oxygens (including phenoxy) is 1. The molecule has 3 nitrogen and oxygen atoms in total. The van der Waals surface area contributed by atoms with E-state index in [2.05, 4.69) is 17.4 Å². The Morgan fingerprint density at radius 3 is 2.89 bits per heavy atom. The van der Waals surface area contributed by atoms with E-state index in [1.54, 1.807) is 7.11 Å². The zero-order valence-corrected chi connectivity index (χ0v) is 10.9. The number of rotatable bonds is 2. The van der Waals surface area contributed by atoms with Crippen LogP contribution in [-0.2, 0) is 0 Å². The van der Waals surface area contributed by atoms with Crippen LogP contribution < -0.4 is 10.1 Å². The molecule has 0 atom stereocenters. The van der Waals surface area contributed by atoms with Crippen molar-refractivity contribution in [1.29, 1.82) is 0 Å². The molecule has 3 heteroatoms. The fourth-order valence-electron chi connectivity index (χ4n) is 2.25. The lowest BCUT2D eigenvalue weighted by Crippen LogP contribution is -2.07. The molecule has 96 valence electrons. The van der Waals surface area contributed by atoms with Gasteiger partial charge in [0.15, 0.2) is 0 Å². The molecular formula is C16H16N2O. The molecule has 0 spiro atoms. The minimum absolute atomic E-state index is 0.866. The Bertz CT molecular complexity index is 620. The van der Waals surface area contributed by atoms with Crippen LogP contribution in [0.3, 0.4) is 0 Å². The number of hydrogen-bond acceptors (Lipinski definition) is 3. The van der Waals surface area contributed by atoms with Crippen molar-refractivity contribution in [3.05, 3.63) is 54.1 Å². The quantitative estimate of drug-likeness (QED) is 0.885. The third kappa shape index (κ3) is 2.45. The Morgan fingerprint density at radius 2 is 2.00 bits per heavy atom. The van der Waals surface area contributed by atoms with Gasteiger partial charge in [-0.05, 0) is 29.8 Å².